The lowest BCUT2D eigenvalue weighted by Crippen LogP contribution is -2.55. The van der Waals surface area contributed by atoms with Gasteiger partial charge in [0, 0.05) is 6.42 Å². The number of phenols is 1. The molecule has 2 aliphatic rings. The van der Waals surface area contributed by atoms with Gasteiger partial charge in [-0.15, -0.1) is 0 Å². The van der Waals surface area contributed by atoms with E-state index in [2.05, 4.69) is 24.3 Å². The van der Waals surface area contributed by atoms with Crippen molar-refractivity contribution in [1.29, 1.82) is 0 Å². The molecule has 0 saturated carbocycles. The fourth-order valence-corrected chi connectivity index (χ4v) is 6.91. The van der Waals surface area contributed by atoms with Crippen LogP contribution in [0, 0.1) is 0 Å². The van der Waals surface area contributed by atoms with E-state index in [-0.39, 0.29) is 17.0 Å². The molecule has 5 nitrogen and oxygen atoms in total. The largest absolute Gasteiger partial charge is 0.507 e. The molecule has 1 amide bonds. The molecule has 6 heteroatoms. The van der Waals surface area contributed by atoms with E-state index in [1.807, 2.05) is 61.5 Å². The topological polar surface area (TPSA) is 66.0 Å². The van der Waals surface area contributed by atoms with Gasteiger partial charge in [-0.1, -0.05) is 78.5 Å². The first kappa shape index (κ1) is 23.6. The van der Waals surface area contributed by atoms with E-state index in [4.69, 9.17) is 9.41 Å². The molecule has 1 N–H and O–H groups in total. The Balaban J connectivity index is 1.41. The number of carbonyl (C=O) groups excluding carboxylic acids is 1. The number of aryl methyl sites for hydroxylation is 1. The van der Waals surface area contributed by atoms with Crippen molar-refractivity contribution in [2.45, 2.75) is 48.4 Å². The normalized spacial score (nSPS) is 20.5. The molecule has 0 spiro atoms. The zero-order chi connectivity index (χ0) is 25.4. The molecule has 3 aromatic carbocycles. The Kier molecular flexibility index (Phi) is 6.13. The minimum Gasteiger partial charge on any atom is -0.507 e. The highest BCUT2D eigenvalue weighted by molar-refractivity contribution is 8.00. The summed E-state index contributed by atoms with van der Waals surface area (Å²) in [6.07, 6.45) is 3.74. The second kappa shape index (κ2) is 9.60. The van der Waals surface area contributed by atoms with Gasteiger partial charge in [0.15, 0.2) is 0 Å². The van der Waals surface area contributed by atoms with Crippen LogP contribution < -0.4 is 0 Å². The predicted molar refractivity (Wildman–Crippen MR) is 146 cm³/mol. The summed E-state index contributed by atoms with van der Waals surface area (Å²) in [5.74, 6) is 1.68. The molecule has 0 saturated heterocycles. The van der Waals surface area contributed by atoms with Crippen molar-refractivity contribution in [3.8, 4) is 5.75 Å². The number of phenolic OH excluding ortho intramolecular Hbond substituents is 1. The van der Waals surface area contributed by atoms with Crippen LogP contribution in [0.15, 0.2) is 105 Å². The van der Waals surface area contributed by atoms with Crippen LogP contribution in [0.5, 0.6) is 5.75 Å². The zero-order valence-corrected chi connectivity index (χ0v) is 21.4. The summed E-state index contributed by atoms with van der Waals surface area (Å²) >= 11 is 1.50. The summed E-state index contributed by atoms with van der Waals surface area (Å²) in [5.41, 5.74) is 3.41. The van der Waals surface area contributed by atoms with Crippen LogP contribution in [0.1, 0.15) is 41.4 Å². The number of furan rings is 1. The summed E-state index contributed by atoms with van der Waals surface area (Å²) in [5, 5.41) is 10.5. The molecule has 186 valence electrons. The Morgan fingerprint density at radius 2 is 1.68 bits per heavy atom. The van der Waals surface area contributed by atoms with Gasteiger partial charge in [0.25, 0.3) is 0 Å². The van der Waals surface area contributed by atoms with Crippen molar-refractivity contribution < 1.29 is 14.3 Å². The van der Waals surface area contributed by atoms with Crippen molar-refractivity contribution in [2.24, 2.45) is 4.99 Å². The number of aliphatic imine (C=N–C) groups is 1. The maximum atomic E-state index is 14.5. The lowest BCUT2D eigenvalue weighted by atomic mass is 9.76. The molecule has 0 fully saturated rings. The van der Waals surface area contributed by atoms with Crippen molar-refractivity contribution in [3.63, 3.8) is 0 Å². The van der Waals surface area contributed by atoms with Gasteiger partial charge in [-0.05, 0) is 60.2 Å². The van der Waals surface area contributed by atoms with Gasteiger partial charge in [-0.2, -0.15) is 0 Å². The van der Waals surface area contributed by atoms with E-state index >= 15 is 0 Å². The molecule has 3 heterocycles. The van der Waals surface area contributed by atoms with E-state index < -0.39 is 5.41 Å². The Bertz CT molecular complexity index is 1450. The van der Waals surface area contributed by atoms with Crippen LogP contribution in [0.4, 0.5) is 0 Å². The summed E-state index contributed by atoms with van der Waals surface area (Å²) in [6.45, 7) is 2.31. The number of rotatable bonds is 7. The fraction of sp³-hybridized carbons (Fsp3) is 0.226. The molecule has 0 radical (unpaired) electrons. The third-order valence-electron chi connectivity index (χ3n) is 7.34. The third-order valence-corrected chi connectivity index (χ3v) is 8.79. The first-order valence-electron chi connectivity index (χ1n) is 12.5. The number of amidine groups is 1. The summed E-state index contributed by atoms with van der Waals surface area (Å²) < 4.78 is 5.64. The second-order valence-electron chi connectivity index (χ2n) is 9.78. The van der Waals surface area contributed by atoms with E-state index in [0.717, 1.165) is 33.8 Å². The van der Waals surface area contributed by atoms with E-state index in [9.17, 15) is 9.90 Å². The number of amides is 1. The van der Waals surface area contributed by atoms with E-state index in [0.29, 0.717) is 25.1 Å². The van der Waals surface area contributed by atoms with Gasteiger partial charge in [0.2, 0.25) is 5.91 Å². The van der Waals surface area contributed by atoms with Crippen LogP contribution >= 0.6 is 11.8 Å². The van der Waals surface area contributed by atoms with Gasteiger partial charge in [0.1, 0.15) is 28.1 Å². The standard InChI is InChI=1S/C31H28N2O3S/c1-31-27-23(19-22-11-6-3-7-12-22)15-16-25(34)28(27)37-29(31)32-26(17-14-21-9-4-2-5-10-21)33(30(31)35)20-24-13-8-18-36-24/h2-13,15-16,18,29,34H,14,17,19-20H2,1H3. The predicted octanol–water partition coefficient (Wildman–Crippen LogP) is 6.34. The number of carbonyl (C=O) groups is 1. The van der Waals surface area contributed by atoms with Crippen LogP contribution in [0.3, 0.4) is 0 Å². The number of nitrogens with zero attached hydrogens (tertiary/aromatic N) is 2. The number of aromatic hydroxyl groups is 1. The molecule has 37 heavy (non-hydrogen) atoms. The summed E-state index contributed by atoms with van der Waals surface area (Å²) in [6, 6.07) is 27.9. The Labute approximate surface area is 220 Å². The minimum absolute atomic E-state index is 0.00174. The van der Waals surface area contributed by atoms with Gasteiger partial charge in [-0.25, -0.2) is 0 Å². The monoisotopic (exact) mass is 508 g/mol. The average Bonchev–Trinajstić information content (AvgIpc) is 3.55. The highest BCUT2D eigenvalue weighted by Gasteiger charge is 2.56. The molecule has 1 aromatic heterocycles. The van der Waals surface area contributed by atoms with Gasteiger partial charge in [-0.3, -0.25) is 14.7 Å². The van der Waals surface area contributed by atoms with Crippen LogP contribution in [-0.2, 0) is 29.6 Å². The fourth-order valence-electron chi connectivity index (χ4n) is 5.41. The number of hydrogen-bond acceptors (Lipinski definition) is 5. The molecular formula is C31H28N2O3S. The van der Waals surface area contributed by atoms with E-state index in [1.165, 1.54) is 17.3 Å². The maximum Gasteiger partial charge on any atom is 0.241 e. The highest BCUT2D eigenvalue weighted by atomic mass is 32.2. The number of benzene rings is 3. The summed E-state index contributed by atoms with van der Waals surface area (Å²) in [7, 11) is 0. The highest BCUT2D eigenvalue weighted by Crippen LogP contribution is 2.57. The Morgan fingerprint density at radius 1 is 0.946 bits per heavy atom. The van der Waals surface area contributed by atoms with Crippen LogP contribution in [-0.4, -0.2) is 27.1 Å². The molecule has 2 unspecified atom stereocenters. The zero-order valence-electron chi connectivity index (χ0n) is 20.6. The summed E-state index contributed by atoms with van der Waals surface area (Å²) in [4.78, 5) is 22.2. The van der Waals surface area contributed by atoms with Crippen molar-refractivity contribution in [2.75, 3.05) is 0 Å². The minimum atomic E-state index is -0.897. The Hall–Kier alpha value is -3.77. The van der Waals surface area contributed by atoms with Gasteiger partial charge in [0.05, 0.1) is 17.7 Å². The molecule has 0 bridgehead atoms. The van der Waals surface area contributed by atoms with Crippen molar-refractivity contribution >= 4 is 23.5 Å². The van der Waals surface area contributed by atoms with Crippen LogP contribution in [0.2, 0.25) is 0 Å². The average molecular weight is 509 g/mol. The molecule has 4 aromatic rings. The molecule has 2 atom stereocenters. The molecule has 0 aliphatic carbocycles. The SMILES string of the molecule is CC12C(=O)N(Cc3ccco3)C(CCc3ccccc3)=NC1Sc1c(O)ccc(Cc3ccccc3)c12. The number of fused-ring (bicyclic) bond motifs is 3. The number of hydrogen-bond donors (Lipinski definition) is 1. The molecule has 6 rings (SSSR count). The first-order chi connectivity index (χ1) is 18.0. The van der Waals surface area contributed by atoms with Crippen molar-refractivity contribution in [3.05, 3.63) is 119 Å². The maximum absolute atomic E-state index is 14.5. The van der Waals surface area contributed by atoms with Gasteiger partial charge >= 0.3 is 0 Å². The smallest absolute Gasteiger partial charge is 0.241 e. The Morgan fingerprint density at radius 3 is 2.38 bits per heavy atom. The third kappa shape index (κ3) is 4.25. The van der Waals surface area contributed by atoms with Crippen molar-refractivity contribution in [1.82, 2.24) is 4.90 Å². The number of thioether (sulfide) groups is 1. The quantitative estimate of drug-likeness (QED) is 0.316. The second-order valence-corrected chi connectivity index (χ2v) is 10.9. The van der Waals surface area contributed by atoms with Gasteiger partial charge < -0.3 is 9.52 Å². The van der Waals surface area contributed by atoms with Crippen LogP contribution in [0.25, 0.3) is 0 Å². The van der Waals surface area contributed by atoms with E-state index in [1.54, 1.807) is 17.2 Å². The molecular weight excluding hydrogens is 480 g/mol. The first-order valence-corrected chi connectivity index (χ1v) is 13.4. The lowest BCUT2D eigenvalue weighted by Gasteiger charge is -2.40. The lowest BCUT2D eigenvalue weighted by molar-refractivity contribution is -0.134. The molecule has 2 aliphatic heterocycles.